The molecule has 10 heteroatoms. The van der Waals surface area contributed by atoms with Gasteiger partial charge >= 0.3 is 12.1 Å². The monoisotopic (exact) mass is 342 g/mol. The summed E-state index contributed by atoms with van der Waals surface area (Å²) in [4.78, 5) is 15.2. The number of methoxy groups -OCH3 is 1. The highest BCUT2D eigenvalue weighted by Crippen LogP contribution is 2.27. The molecule has 3 rings (SSSR count). The minimum atomic E-state index is -4.99. The van der Waals surface area contributed by atoms with Gasteiger partial charge in [0.2, 0.25) is 4.96 Å². The summed E-state index contributed by atoms with van der Waals surface area (Å²) in [6.45, 7) is 0. The number of amides is 1. The van der Waals surface area contributed by atoms with Crippen LogP contribution >= 0.6 is 11.3 Å². The van der Waals surface area contributed by atoms with E-state index in [0.717, 1.165) is 5.56 Å². The van der Waals surface area contributed by atoms with E-state index in [-0.39, 0.29) is 0 Å². The third kappa shape index (κ3) is 2.97. The summed E-state index contributed by atoms with van der Waals surface area (Å²) in [6, 6.07) is 7.08. The van der Waals surface area contributed by atoms with Gasteiger partial charge in [0.25, 0.3) is 5.95 Å². The lowest BCUT2D eigenvalue weighted by Crippen LogP contribution is -2.30. The summed E-state index contributed by atoms with van der Waals surface area (Å²) in [5.74, 6) is -1.83. The Hall–Kier alpha value is -2.62. The molecule has 3 aromatic rings. The fourth-order valence-electron chi connectivity index (χ4n) is 1.87. The minimum Gasteiger partial charge on any atom is -0.497 e. The number of carbonyl (C=O) groups is 1. The molecule has 2 heterocycles. The Kier molecular flexibility index (Phi) is 3.68. The zero-order valence-electron chi connectivity index (χ0n) is 11.6. The number of thiazole rings is 1. The molecular formula is C13H9F3N4O2S. The molecule has 0 aliphatic rings. The van der Waals surface area contributed by atoms with E-state index in [0.29, 0.717) is 16.4 Å². The first-order chi connectivity index (χ1) is 10.9. The van der Waals surface area contributed by atoms with Gasteiger partial charge in [-0.15, -0.1) is 16.4 Å². The van der Waals surface area contributed by atoms with Gasteiger partial charge in [0, 0.05) is 10.9 Å². The zero-order chi connectivity index (χ0) is 16.6. The average Bonchev–Trinajstić information content (AvgIpc) is 3.06. The second-order valence-corrected chi connectivity index (χ2v) is 5.27. The van der Waals surface area contributed by atoms with Crippen LogP contribution in [0.2, 0.25) is 0 Å². The maximum atomic E-state index is 12.2. The highest BCUT2D eigenvalue weighted by atomic mass is 32.1. The van der Waals surface area contributed by atoms with Gasteiger partial charge in [-0.2, -0.15) is 18.2 Å². The summed E-state index contributed by atoms with van der Waals surface area (Å²) in [5.41, 5.74) is 1.43. The largest absolute Gasteiger partial charge is 0.497 e. The Bertz CT molecular complexity index is 854. The summed E-state index contributed by atoms with van der Waals surface area (Å²) in [6.07, 6.45) is -4.99. The lowest BCUT2D eigenvalue weighted by Gasteiger charge is -2.04. The van der Waals surface area contributed by atoms with Crippen molar-refractivity contribution in [3.8, 4) is 17.0 Å². The van der Waals surface area contributed by atoms with Gasteiger partial charge in [0.15, 0.2) is 0 Å². The van der Waals surface area contributed by atoms with Crippen molar-refractivity contribution in [1.29, 1.82) is 0 Å². The molecule has 1 N–H and O–H groups in total. The Labute approximate surface area is 131 Å². The molecule has 23 heavy (non-hydrogen) atoms. The number of carbonyl (C=O) groups excluding carboxylic acids is 1. The number of nitrogens with zero attached hydrogens (tertiary/aromatic N) is 3. The number of rotatable bonds is 3. The number of alkyl halides is 3. The maximum absolute atomic E-state index is 12.2. The van der Waals surface area contributed by atoms with E-state index in [4.69, 9.17) is 4.74 Å². The van der Waals surface area contributed by atoms with Crippen LogP contribution in [0.4, 0.5) is 19.1 Å². The fraction of sp³-hybridized carbons (Fsp3) is 0.154. The quantitative estimate of drug-likeness (QED) is 0.795. The number of anilines is 1. The normalized spacial score (nSPS) is 11.7. The number of benzene rings is 1. The second-order valence-electron chi connectivity index (χ2n) is 4.43. The predicted molar refractivity (Wildman–Crippen MR) is 77.5 cm³/mol. The van der Waals surface area contributed by atoms with Crippen molar-refractivity contribution < 1.29 is 22.7 Å². The van der Waals surface area contributed by atoms with Crippen LogP contribution in [0.15, 0.2) is 29.6 Å². The molecule has 0 atom stereocenters. The summed E-state index contributed by atoms with van der Waals surface area (Å²) < 4.78 is 43.2. The third-order valence-corrected chi connectivity index (χ3v) is 3.77. The van der Waals surface area contributed by atoms with Crippen LogP contribution in [0.3, 0.4) is 0 Å². The van der Waals surface area contributed by atoms with Gasteiger partial charge in [-0.25, -0.2) is 4.52 Å². The standard InChI is InChI=1S/C13H9F3N4O2S/c1-22-8-4-2-7(3-5-8)9-6-23-12-18-11(19-20(9)12)17-10(21)13(14,15)16/h2-6H,1H3,(H,17,19,21). The maximum Gasteiger partial charge on any atom is 0.471 e. The number of hydrogen-bond donors (Lipinski definition) is 1. The van der Waals surface area contributed by atoms with E-state index < -0.39 is 18.0 Å². The highest BCUT2D eigenvalue weighted by molar-refractivity contribution is 7.15. The fourth-order valence-corrected chi connectivity index (χ4v) is 2.70. The van der Waals surface area contributed by atoms with Crippen LogP contribution in [0, 0.1) is 0 Å². The van der Waals surface area contributed by atoms with Crippen molar-refractivity contribution in [3.63, 3.8) is 0 Å². The van der Waals surface area contributed by atoms with E-state index in [1.54, 1.807) is 42.1 Å². The summed E-state index contributed by atoms with van der Waals surface area (Å²) >= 11 is 1.20. The highest BCUT2D eigenvalue weighted by Gasteiger charge is 2.39. The first-order valence-electron chi connectivity index (χ1n) is 6.25. The first kappa shape index (κ1) is 15.3. The molecule has 6 nitrogen and oxygen atoms in total. The Morgan fingerprint density at radius 3 is 2.61 bits per heavy atom. The van der Waals surface area contributed by atoms with Crippen molar-refractivity contribution in [2.24, 2.45) is 0 Å². The third-order valence-electron chi connectivity index (χ3n) is 2.95. The van der Waals surface area contributed by atoms with Gasteiger partial charge in [-0.1, -0.05) is 0 Å². The van der Waals surface area contributed by atoms with E-state index in [9.17, 15) is 18.0 Å². The van der Waals surface area contributed by atoms with E-state index in [1.165, 1.54) is 15.9 Å². The van der Waals surface area contributed by atoms with Crippen molar-refractivity contribution in [2.75, 3.05) is 12.4 Å². The van der Waals surface area contributed by atoms with Gasteiger partial charge in [0.05, 0.1) is 12.8 Å². The van der Waals surface area contributed by atoms with Crippen LogP contribution in [-0.2, 0) is 4.79 Å². The molecule has 0 spiro atoms. The molecule has 0 saturated heterocycles. The molecule has 1 amide bonds. The molecule has 0 saturated carbocycles. The van der Waals surface area contributed by atoms with Crippen molar-refractivity contribution in [1.82, 2.24) is 14.6 Å². The number of aromatic nitrogens is 3. The lowest BCUT2D eigenvalue weighted by molar-refractivity contribution is -0.167. The minimum absolute atomic E-state index is 0.369. The molecule has 0 aliphatic heterocycles. The first-order valence-corrected chi connectivity index (χ1v) is 7.13. The number of halogens is 3. The Morgan fingerprint density at radius 2 is 2.00 bits per heavy atom. The lowest BCUT2D eigenvalue weighted by atomic mass is 10.2. The molecule has 2 aromatic heterocycles. The SMILES string of the molecule is COc1ccc(-c2csc3nc(NC(=O)C(F)(F)F)nn23)cc1. The van der Waals surface area contributed by atoms with Gasteiger partial charge < -0.3 is 4.74 Å². The molecule has 120 valence electrons. The van der Waals surface area contributed by atoms with Crippen molar-refractivity contribution in [2.45, 2.75) is 6.18 Å². The Morgan fingerprint density at radius 1 is 1.30 bits per heavy atom. The zero-order valence-corrected chi connectivity index (χ0v) is 12.4. The number of ether oxygens (including phenoxy) is 1. The number of nitrogens with one attached hydrogen (secondary N) is 1. The van der Waals surface area contributed by atoms with Crippen LogP contribution in [-0.4, -0.2) is 33.8 Å². The van der Waals surface area contributed by atoms with E-state index in [2.05, 4.69) is 10.1 Å². The topological polar surface area (TPSA) is 68.5 Å². The van der Waals surface area contributed by atoms with E-state index in [1.807, 2.05) is 0 Å². The van der Waals surface area contributed by atoms with Gasteiger partial charge in [-0.05, 0) is 24.3 Å². The molecule has 0 aliphatic carbocycles. The molecule has 0 radical (unpaired) electrons. The predicted octanol–water partition coefficient (Wildman–Crippen LogP) is 2.97. The number of hydrogen-bond acceptors (Lipinski definition) is 5. The molecule has 0 unspecified atom stereocenters. The summed E-state index contributed by atoms with van der Waals surface area (Å²) in [5, 5.41) is 7.30. The van der Waals surface area contributed by atoms with Gasteiger partial charge in [0.1, 0.15) is 5.75 Å². The summed E-state index contributed by atoms with van der Waals surface area (Å²) in [7, 11) is 1.55. The van der Waals surface area contributed by atoms with Crippen LogP contribution < -0.4 is 10.1 Å². The second kappa shape index (κ2) is 5.54. The number of fused-ring (bicyclic) bond motifs is 1. The molecule has 0 fully saturated rings. The Balaban J connectivity index is 1.92. The molecule has 1 aromatic carbocycles. The smallest absolute Gasteiger partial charge is 0.471 e. The van der Waals surface area contributed by atoms with Crippen molar-refractivity contribution in [3.05, 3.63) is 29.6 Å². The molecule has 0 bridgehead atoms. The molecular weight excluding hydrogens is 333 g/mol. The van der Waals surface area contributed by atoms with Gasteiger partial charge in [-0.3, -0.25) is 10.1 Å². The van der Waals surface area contributed by atoms with E-state index >= 15 is 0 Å². The van der Waals surface area contributed by atoms with Crippen LogP contribution in [0.5, 0.6) is 5.75 Å². The average molecular weight is 342 g/mol. The van der Waals surface area contributed by atoms with Crippen LogP contribution in [0.25, 0.3) is 16.2 Å². The van der Waals surface area contributed by atoms with Crippen LogP contribution in [0.1, 0.15) is 0 Å². The van der Waals surface area contributed by atoms with Crippen molar-refractivity contribution >= 4 is 28.2 Å².